The van der Waals surface area contributed by atoms with Gasteiger partial charge in [-0.3, -0.25) is 19.3 Å². The smallest absolute Gasteiger partial charge is 0.306 e. The van der Waals surface area contributed by atoms with Crippen LogP contribution in [0.15, 0.2) is 29.0 Å². The van der Waals surface area contributed by atoms with Crippen LogP contribution in [-0.2, 0) is 19.1 Å². The number of benzene rings is 1. The SMILES string of the molecule is CCCC(=O)OC1C2C(=C(O)c3c(ccc(N)c3O)C2C)C(=O)C2(O)CC(C(N)=O)=C(O)C(N(C)C)C12. The van der Waals surface area contributed by atoms with Gasteiger partial charge in [0.05, 0.1) is 28.8 Å². The molecule has 1 fully saturated rings. The van der Waals surface area contributed by atoms with Crippen LogP contribution in [0.25, 0.3) is 5.76 Å². The second kappa shape index (κ2) is 9.07. The second-order valence-corrected chi connectivity index (χ2v) is 10.3. The molecule has 0 aliphatic heterocycles. The molecular weight excluding hydrogens is 482 g/mol. The minimum absolute atomic E-state index is 0.0171. The minimum atomic E-state index is -2.37. The summed E-state index contributed by atoms with van der Waals surface area (Å²) in [5.41, 5.74) is 8.82. The number of Topliss-reactive ketones (excluding diaryl/α,β-unsaturated/α-hetero) is 1. The Bertz CT molecular complexity index is 1250. The summed E-state index contributed by atoms with van der Waals surface area (Å²) < 4.78 is 5.94. The van der Waals surface area contributed by atoms with Gasteiger partial charge in [0, 0.05) is 24.3 Å². The van der Waals surface area contributed by atoms with Crippen LogP contribution < -0.4 is 11.5 Å². The van der Waals surface area contributed by atoms with Crippen molar-refractivity contribution in [2.45, 2.75) is 56.8 Å². The zero-order valence-electron chi connectivity index (χ0n) is 21.2. The third-order valence-electron chi connectivity index (χ3n) is 7.94. The summed E-state index contributed by atoms with van der Waals surface area (Å²) in [4.78, 5) is 40.6. The summed E-state index contributed by atoms with van der Waals surface area (Å²) in [6.45, 7) is 3.55. The van der Waals surface area contributed by atoms with Crippen LogP contribution in [0.4, 0.5) is 5.69 Å². The number of nitrogens with zero attached hydrogens (tertiary/aromatic N) is 1. The number of carbonyl (C=O) groups excluding carboxylic acids is 3. The van der Waals surface area contributed by atoms with E-state index in [1.807, 2.05) is 0 Å². The van der Waals surface area contributed by atoms with E-state index in [2.05, 4.69) is 0 Å². The third kappa shape index (κ3) is 3.75. The third-order valence-corrected chi connectivity index (χ3v) is 7.94. The number of amides is 1. The van der Waals surface area contributed by atoms with Gasteiger partial charge in [-0.05, 0) is 38.1 Å². The number of aromatic hydroxyl groups is 1. The highest BCUT2D eigenvalue weighted by atomic mass is 16.5. The lowest BCUT2D eigenvalue weighted by atomic mass is 9.54. The Balaban J connectivity index is 2.04. The van der Waals surface area contributed by atoms with Gasteiger partial charge >= 0.3 is 5.97 Å². The van der Waals surface area contributed by atoms with Crippen molar-refractivity contribution < 1.29 is 39.5 Å². The summed E-state index contributed by atoms with van der Waals surface area (Å²) >= 11 is 0. The lowest BCUT2D eigenvalue weighted by molar-refractivity contribution is -0.185. The highest BCUT2D eigenvalue weighted by Gasteiger charge is 2.66. The quantitative estimate of drug-likeness (QED) is 0.189. The number of hydrogen-bond acceptors (Lipinski definition) is 10. The molecule has 6 unspecified atom stereocenters. The van der Waals surface area contributed by atoms with Crippen molar-refractivity contribution in [2.75, 3.05) is 19.8 Å². The number of rotatable bonds is 5. The standard InChI is InChI=1S/C26H33N3O8/c1-5-6-14(30)37-23-15-10(2)11-7-8-13(27)21(32)16(11)22(33)17(15)24(34)26(36)9-12(25(28)35)20(31)19(18(23)26)29(3)4/h7-8,10,15,18-19,23,31-33,36H,5-6,9,27H2,1-4H3,(H2,28,35). The van der Waals surface area contributed by atoms with Gasteiger partial charge in [0.25, 0.3) is 0 Å². The average Bonchev–Trinajstić information content (AvgIpc) is 2.81. The second-order valence-electron chi connectivity index (χ2n) is 10.3. The molecule has 8 N–H and O–H groups in total. The highest BCUT2D eigenvalue weighted by molar-refractivity contribution is 6.11. The van der Waals surface area contributed by atoms with Crippen molar-refractivity contribution in [3.05, 3.63) is 40.2 Å². The molecule has 0 saturated heterocycles. The monoisotopic (exact) mass is 515 g/mol. The fraction of sp³-hybridized carbons (Fsp3) is 0.500. The summed E-state index contributed by atoms with van der Waals surface area (Å²) in [7, 11) is 3.17. The van der Waals surface area contributed by atoms with Gasteiger partial charge in [-0.2, -0.15) is 0 Å². The van der Waals surface area contributed by atoms with Crippen LogP contribution in [0.5, 0.6) is 5.75 Å². The van der Waals surface area contributed by atoms with Gasteiger partial charge in [0.2, 0.25) is 5.91 Å². The van der Waals surface area contributed by atoms with Crippen LogP contribution in [-0.4, -0.2) is 74.8 Å². The maximum Gasteiger partial charge on any atom is 0.306 e. The number of carbonyl (C=O) groups is 3. The molecule has 1 aromatic rings. The molecule has 0 spiro atoms. The fourth-order valence-electron chi connectivity index (χ4n) is 6.26. The molecule has 4 rings (SSSR count). The van der Waals surface area contributed by atoms with E-state index in [-0.39, 0.29) is 28.8 Å². The zero-order chi connectivity index (χ0) is 27.6. The molecule has 3 aliphatic carbocycles. The van der Waals surface area contributed by atoms with Crippen molar-refractivity contribution in [3.63, 3.8) is 0 Å². The fourth-order valence-corrected chi connectivity index (χ4v) is 6.26. The number of likely N-dealkylation sites (N-methyl/N-ethyl adjacent to an activating group) is 1. The number of phenolic OH excluding ortho intramolecular Hbond substituents is 1. The van der Waals surface area contributed by atoms with Crippen LogP contribution in [0.2, 0.25) is 0 Å². The predicted molar refractivity (Wildman–Crippen MR) is 133 cm³/mol. The molecule has 6 atom stereocenters. The summed E-state index contributed by atoms with van der Waals surface area (Å²) in [5.74, 6) is -6.63. The van der Waals surface area contributed by atoms with E-state index in [0.717, 1.165) is 0 Å². The Morgan fingerprint density at radius 1 is 1.22 bits per heavy atom. The number of nitrogens with two attached hydrogens (primary N) is 2. The number of phenols is 1. The minimum Gasteiger partial charge on any atom is -0.510 e. The Morgan fingerprint density at radius 2 is 1.86 bits per heavy atom. The molecule has 0 radical (unpaired) electrons. The molecule has 1 amide bonds. The van der Waals surface area contributed by atoms with Crippen LogP contribution in [0.3, 0.4) is 0 Å². The molecule has 11 heteroatoms. The van der Waals surface area contributed by atoms with E-state index < -0.39 is 76.8 Å². The Kier molecular flexibility index (Phi) is 6.49. The van der Waals surface area contributed by atoms with Crippen LogP contribution in [0, 0.1) is 11.8 Å². The highest BCUT2D eigenvalue weighted by Crippen LogP contribution is 2.57. The molecular formula is C26H33N3O8. The molecule has 200 valence electrons. The maximum absolute atomic E-state index is 14.1. The van der Waals surface area contributed by atoms with Crippen molar-refractivity contribution in [2.24, 2.45) is 17.6 Å². The zero-order valence-corrected chi connectivity index (χ0v) is 21.2. The molecule has 3 aliphatic rings. The van der Waals surface area contributed by atoms with Crippen LogP contribution in [0.1, 0.15) is 50.2 Å². The van der Waals surface area contributed by atoms with Crippen molar-refractivity contribution >= 4 is 29.1 Å². The molecule has 11 nitrogen and oxygen atoms in total. The number of aliphatic hydroxyl groups excluding tert-OH is 2. The van der Waals surface area contributed by atoms with Gasteiger partial charge in [-0.15, -0.1) is 0 Å². The van der Waals surface area contributed by atoms with Crippen molar-refractivity contribution in [1.82, 2.24) is 4.90 Å². The van der Waals surface area contributed by atoms with Gasteiger partial charge < -0.3 is 36.6 Å². The van der Waals surface area contributed by atoms with Crippen molar-refractivity contribution in [3.8, 4) is 5.75 Å². The average molecular weight is 516 g/mol. The molecule has 0 bridgehead atoms. The maximum atomic E-state index is 14.1. The predicted octanol–water partition coefficient (Wildman–Crippen LogP) is 1.25. The first-order chi connectivity index (χ1) is 17.3. The summed E-state index contributed by atoms with van der Waals surface area (Å²) in [6.07, 6.45) is -1.28. The van der Waals surface area contributed by atoms with Gasteiger partial charge in [-0.1, -0.05) is 19.9 Å². The number of esters is 1. The normalized spacial score (nSPS) is 31.1. The number of aliphatic hydroxyl groups is 3. The van der Waals surface area contributed by atoms with E-state index in [0.29, 0.717) is 12.0 Å². The van der Waals surface area contributed by atoms with E-state index in [1.54, 1.807) is 34.0 Å². The topological polar surface area (TPSA) is 197 Å². The first-order valence-electron chi connectivity index (χ1n) is 12.2. The lowest BCUT2D eigenvalue weighted by Gasteiger charge is -2.55. The number of ketones is 1. The molecule has 37 heavy (non-hydrogen) atoms. The summed E-state index contributed by atoms with van der Waals surface area (Å²) in [5, 5.41) is 45.1. The number of primary amides is 1. The number of nitrogen functional groups attached to an aromatic ring is 1. The Hall–Kier alpha value is -3.57. The van der Waals surface area contributed by atoms with Gasteiger partial charge in [0.15, 0.2) is 5.78 Å². The van der Waals surface area contributed by atoms with E-state index in [9.17, 15) is 34.8 Å². The Morgan fingerprint density at radius 3 is 2.43 bits per heavy atom. The van der Waals surface area contributed by atoms with Gasteiger partial charge in [0.1, 0.15) is 29.0 Å². The number of fused-ring (bicyclic) bond motifs is 3. The molecule has 0 aromatic heterocycles. The summed E-state index contributed by atoms with van der Waals surface area (Å²) in [6, 6.07) is 1.98. The largest absolute Gasteiger partial charge is 0.510 e. The van der Waals surface area contributed by atoms with E-state index >= 15 is 0 Å². The van der Waals surface area contributed by atoms with Crippen LogP contribution >= 0.6 is 0 Å². The Labute approximate surface area is 214 Å². The van der Waals surface area contributed by atoms with E-state index in [4.69, 9.17) is 16.2 Å². The lowest BCUT2D eigenvalue weighted by Crippen LogP contribution is -2.68. The first kappa shape index (κ1) is 26.5. The van der Waals surface area contributed by atoms with Gasteiger partial charge in [-0.25, -0.2) is 0 Å². The molecule has 1 saturated carbocycles. The van der Waals surface area contributed by atoms with Crippen molar-refractivity contribution in [1.29, 1.82) is 0 Å². The molecule has 0 heterocycles. The number of ether oxygens (including phenoxy) is 1. The van der Waals surface area contributed by atoms with E-state index in [1.165, 1.54) is 11.0 Å². The first-order valence-corrected chi connectivity index (χ1v) is 12.2. The number of hydrogen-bond donors (Lipinski definition) is 6. The number of anilines is 1. The molecule has 1 aromatic carbocycles.